The van der Waals surface area contributed by atoms with Gasteiger partial charge in [0, 0.05) is 19.3 Å². The van der Waals surface area contributed by atoms with Crippen molar-refractivity contribution < 1.29 is 28.6 Å². The van der Waals surface area contributed by atoms with Crippen LogP contribution in [0.2, 0.25) is 0 Å². The van der Waals surface area contributed by atoms with E-state index in [1.165, 1.54) is 289 Å². The molecule has 0 saturated carbocycles. The second-order valence-electron chi connectivity index (χ2n) is 24.9. The van der Waals surface area contributed by atoms with Gasteiger partial charge in [-0.25, -0.2) is 0 Å². The summed E-state index contributed by atoms with van der Waals surface area (Å²) in [7, 11) is 0. The zero-order valence-electron chi connectivity index (χ0n) is 55.3. The smallest absolute Gasteiger partial charge is 0.306 e. The molecule has 0 radical (unpaired) electrons. The Morgan fingerprint density at radius 2 is 0.439 bits per heavy atom. The number of unbranched alkanes of at least 4 members (excludes halogenated alkanes) is 49. The van der Waals surface area contributed by atoms with Crippen LogP contribution in [0.5, 0.6) is 0 Å². The third-order valence-electron chi connectivity index (χ3n) is 16.6. The van der Waals surface area contributed by atoms with E-state index in [0.29, 0.717) is 19.3 Å². The van der Waals surface area contributed by atoms with Crippen LogP contribution in [0.4, 0.5) is 0 Å². The molecule has 0 aromatic rings. The van der Waals surface area contributed by atoms with Crippen molar-refractivity contribution in [2.75, 3.05) is 13.2 Å². The minimum atomic E-state index is -0.775. The fourth-order valence-corrected chi connectivity index (χ4v) is 11.0. The Kier molecular flexibility index (Phi) is 68.6. The van der Waals surface area contributed by atoms with Crippen molar-refractivity contribution in [3.05, 3.63) is 48.6 Å². The molecule has 0 aliphatic heterocycles. The summed E-state index contributed by atoms with van der Waals surface area (Å²) in [6.45, 7) is 6.70. The maximum Gasteiger partial charge on any atom is 0.306 e. The first kappa shape index (κ1) is 79.4. The van der Waals surface area contributed by atoms with Crippen LogP contribution in [0.1, 0.15) is 400 Å². The first-order valence-corrected chi connectivity index (χ1v) is 36.6. The lowest BCUT2D eigenvalue weighted by atomic mass is 10.0. The molecule has 1 unspecified atom stereocenters. The molecule has 6 nitrogen and oxygen atoms in total. The summed E-state index contributed by atoms with van der Waals surface area (Å²) in [5, 5.41) is 0. The predicted octanol–water partition coefficient (Wildman–Crippen LogP) is 25.3. The van der Waals surface area contributed by atoms with E-state index in [4.69, 9.17) is 14.2 Å². The molecule has 0 fully saturated rings. The van der Waals surface area contributed by atoms with Crippen LogP contribution in [0.15, 0.2) is 48.6 Å². The molecular weight excluding hydrogens is 1010 g/mol. The summed E-state index contributed by atoms with van der Waals surface area (Å²) in [5.41, 5.74) is 0. The minimum Gasteiger partial charge on any atom is -0.462 e. The fourth-order valence-electron chi connectivity index (χ4n) is 11.0. The number of carbonyl (C=O) groups excluding carboxylic acids is 3. The maximum absolute atomic E-state index is 13.0. The van der Waals surface area contributed by atoms with E-state index in [0.717, 1.165) is 70.6 Å². The molecular formula is C76H140O6. The van der Waals surface area contributed by atoms with Crippen LogP contribution in [0.25, 0.3) is 0 Å². The van der Waals surface area contributed by atoms with Gasteiger partial charge in [-0.05, 0) is 83.5 Å². The number of ether oxygens (including phenoxy) is 3. The van der Waals surface area contributed by atoms with Crippen LogP contribution in [0, 0.1) is 0 Å². The summed E-state index contributed by atoms with van der Waals surface area (Å²) >= 11 is 0. The molecule has 0 aromatic heterocycles. The van der Waals surface area contributed by atoms with E-state index in [1.807, 2.05) is 0 Å². The summed E-state index contributed by atoms with van der Waals surface area (Å²) in [4.78, 5) is 38.5. The van der Waals surface area contributed by atoms with Gasteiger partial charge in [0.25, 0.3) is 0 Å². The Labute approximate surface area is 511 Å². The van der Waals surface area contributed by atoms with Crippen molar-refractivity contribution in [3.8, 4) is 0 Å². The van der Waals surface area contributed by atoms with Crippen LogP contribution in [0.3, 0.4) is 0 Å². The summed E-state index contributed by atoms with van der Waals surface area (Å²) in [6, 6.07) is 0. The zero-order valence-corrected chi connectivity index (χ0v) is 55.3. The van der Waals surface area contributed by atoms with E-state index in [9.17, 15) is 14.4 Å². The Balaban J connectivity index is 4.25. The lowest BCUT2D eigenvalue weighted by Gasteiger charge is -2.18. The van der Waals surface area contributed by atoms with Crippen molar-refractivity contribution in [3.63, 3.8) is 0 Å². The van der Waals surface area contributed by atoms with Crippen molar-refractivity contribution in [1.29, 1.82) is 0 Å². The number of carbonyl (C=O) groups is 3. The number of esters is 3. The van der Waals surface area contributed by atoms with Crippen LogP contribution >= 0.6 is 0 Å². The molecule has 82 heavy (non-hydrogen) atoms. The highest BCUT2D eigenvalue weighted by Gasteiger charge is 2.19. The third kappa shape index (κ3) is 68.2. The highest BCUT2D eigenvalue weighted by atomic mass is 16.6. The van der Waals surface area contributed by atoms with Gasteiger partial charge in [-0.3, -0.25) is 14.4 Å². The molecule has 6 heteroatoms. The van der Waals surface area contributed by atoms with Gasteiger partial charge in [0.05, 0.1) is 0 Å². The lowest BCUT2D eigenvalue weighted by Crippen LogP contribution is -2.30. The number of allylic oxidation sites excluding steroid dienone is 8. The number of rotatable bonds is 68. The van der Waals surface area contributed by atoms with Gasteiger partial charge in [0.2, 0.25) is 0 Å². The van der Waals surface area contributed by atoms with Crippen molar-refractivity contribution in [2.45, 2.75) is 406 Å². The molecule has 0 spiro atoms. The quantitative estimate of drug-likeness (QED) is 0.0261. The molecule has 0 amide bonds. The highest BCUT2D eigenvalue weighted by Crippen LogP contribution is 2.18. The molecule has 0 bridgehead atoms. The Bertz CT molecular complexity index is 1410. The zero-order chi connectivity index (χ0) is 59.2. The summed E-state index contributed by atoms with van der Waals surface area (Å²) < 4.78 is 17.0. The van der Waals surface area contributed by atoms with Gasteiger partial charge in [0.1, 0.15) is 13.2 Å². The second kappa shape index (κ2) is 70.9. The third-order valence-corrected chi connectivity index (χ3v) is 16.6. The molecule has 0 aliphatic carbocycles. The summed E-state index contributed by atoms with van der Waals surface area (Å²) in [5.74, 6) is -0.845. The maximum atomic E-state index is 13.0. The van der Waals surface area contributed by atoms with E-state index >= 15 is 0 Å². The standard InChI is InChI=1S/C76H140O6/c1-4-7-10-13-16-19-22-25-28-31-33-34-35-36-37-38-39-40-41-42-43-46-48-51-54-57-60-63-66-69-75(78)81-72-73(71-80-74(77)68-65-62-59-56-53-50-47-44-30-27-24-21-18-15-12-9-6-3)82-76(79)70-67-64-61-58-55-52-49-45-32-29-26-23-20-17-14-11-8-5-2/h22,25,29,31-33,35-36,73H,4-21,23-24,26-28,30,34,37-72H2,1-3H3/b25-22-,32-29-,33-31-,36-35-. The van der Waals surface area contributed by atoms with Gasteiger partial charge in [-0.2, -0.15) is 0 Å². The Morgan fingerprint density at radius 1 is 0.244 bits per heavy atom. The van der Waals surface area contributed by atoms with Gasteiger partial charge in [-0.15, -0.1) is 0 Å². The molecule has 0 aliphatic rings. The minimum absolute atomic E-state index is 0.0695. The normalized spacial score (nSPS) is 12.3. The van der Waals surface area contributed by atoms with Crippen molar-refractivity contribution in [2.24, 2.45) is 0 Å². The van der Waals surface area contributed by atoms with Crippen LogP contribution < -0.4 is 0 Å². The Morgan fingerprint density at radius 3 is 0.695 bits per heavy atom. The molecule has 0 N–H and O–H groups in total. The van der Waals surface area contributed by atoms with E-state index in [2.05, 4.69) is 69.4 Å². The average Bonchev–Trinajstić information content (AvgIpc) is 3.47. The SMILES string of the molecule is CCCCCCC/C=C\C/C=C\C/C=C\CCCCCCCCCCCCCCCCC(=O)OCC(COC(=O)CCCCCCCCCCCCCCCCCCC)OC(=O)CCCCCCCCC/C=C\CCCCCCCCC. The first-order chi connectivity index (χ1) is 40.5. The van der Waals surface area contributed by atoms with Crippen LogP contribution in [-0.2, 0) is 28.6 Å². The largest absolute Gasteiger partial charge is 0.462 e. The second-order valence-corrected chi connectivity index (χ2v) is 24.9. The Hall–Kier alpha value is -2.63. The van der Waals surface area contributed by atoms with E-state index < -0.39 is 6.10 Å². The monoisotopic (exact) mass is 1150 g/mol. The van der Waals surface area contributed by atoms with E-state index in [1.54, 1.807) is 0 Å². The van der Waals surface area contributed by atoms with Gasteiger partial charge in [-0.1, -0.05) is 345 Å². The number of hydrogen-bond acceptors (Lipinski definition) is 6. The highest BCUT2D eigenvalue weighted by molar-refractivity contribution is 5.71. The lowest BCUT2D eigenvalue weighted by molar-refractivity contribution is -0.167. The van der Waals surface area contributed by atoms with Crippen LogP contribution in [-0.4, -0.2) is 37.2 Å². The van der Waals surface area contributed by atoms with Gasteiger partial charge < -0.3 is 14.2 Å². The molecule has 0 heterocycles. The van der Waals surface area contributed by atoms with Crippen molar-refractivity contribution in [1.82, 2.24) is 0 Å². The first-order valence-electron chi connectivity index (χ1n) is 36.6. The number of hydrogen-bond donors (Lipinski definition) is 0. The molecule has 1 atom stereocenters. The molecule has 480 valence electrons. The summed E-state index contributed by atoms with van der Waals surface area (Å²) in [6.07, 6.45) is 90.0. The predicted molar refractivity (Wildman–Crippen MR) is 358 cm³/mol. The van der Waals surface area contributed by atoms with E-state index in [-0.39, 0.29) is 31.1 Å². The van der Waals surface area contributed by atoms with Crippen molar-refractivity contribution >= 4 is 17.9 Å². The van der Waals surface area contributed by atoms with Gasteiger partial charge in [0.15, 0.2) is 6.10 Å². The molecule has 0 saturated heterocycles. The fraction of sp³-hybridized carbons (Fsp3) is 0.855. The topological polar surface area (TPSA) is 78.9 Å². The molecule has 0 rings (SSSR count). The van der Waals surface area contributed by atoms with Gasteiger partial charge >= 0.3 is 17.9 Å². The molecule has 0 aromatic carbocycles. The average molecular weight is 1150 g/mol.